The Morgan fingerprint density at radius 2 is 2.03 bits per heavy atom. The minimum Gasteiger partial charge on any atom is -0.350 e. The molecule has 1 heterocycles. The van der Waals surface area contributed by atoms with Gasteiger partial charge >= 0.3 is 0 Å². The summed E-state index contributed by atoms with van der Waals surface area (Å²) in [6.07, 6.45) is 9.87. The zero-order chi connectivity index (χ0) is 23.8. The maximum absolute atomic E-state index is 13.2. The predicted molar refractivity (Wildman–Crippen MR) is 143 cm³/mol. The summed E-state index contributed by atoms with van der Waals surface area (Å²) in [4.78, 5) is 15.5. The van der Waals surface area contributed by atoms with Gasteiger partial charge in [0.05, 0.1) is 0 Å². The molecule has 3 atom stereocenters. The first-order chi connectivity index (χ1) is 15.9. The topological polar surface area (TPSA) is 32.3 Å². The number of hydrogen-bond donors (Lipinski definition) is 2. The number of nitrogens with one attached hydrogen (secondary N) is 1. The summed E-state index contributed by atoms with van der Waals surface area (Å²) < 4.78 is 13.2. The number of rotatable bonds is 10. The fourth-order valence-electron chi connectivity index (χ4n) is 4.17. The molecule has 1 saturated heterocycles. The second kappa shape index (κ2) is 12.6. The van der Waals surface area contributed by atoms with E-state index in [9.17, 15) is 9.18 Å². The number of thioether (sulfide) groups is 1. The molecule has 3 rings (SSSR count). The molecule has 33 heavy (non-hydrogen) atoms. The highest BCUT2D eigenvalue weighted by Gasteiger charge is 2.24. The Morgan fingerprint density at radius 1 is 1.27 bits per heavy atom. The van der Waals surface area contributed by atoms with Crippen LogP contribution < -0.4 is 5.32 Å². The third-order valence-electron chi connectivity index (χ3n) is 6.20. The van der Waals surface area contributed by atoms with E-state index in [4.69, 9.17) is 0 Å². The Hall–Kier alpha value is -1.76. The maximum Gasteiger partial charge on any atom is 0.251 e. The molecule has 2 aromatic rings. The number of carbonyl (C=O) groups excluding carboxylic acids is 1. The van der Waals surface area contributed by atoms with Crippen molar-refractivity contribution in [1.29, 1.82) is 0 Å². The van der Waals surface area contributed by atoms with Crippen molar-refractivity contribution < 1.29 is 9.18 Å². The molecule has 6 heteroatoms. The molecule has 0 spiro atoms. The summed E-state index contributed by atoms with van der Waals surface area (Å²) in [5, 5.41) is 3.58. The molecule has 3 unspecified atom stereocenters. The van der Waals surface area contributed by atoms with E-state index >= 15 is 0 Å². The molecule has 0 saturated carbocycles. The fraction of sp³-hybridized carbons (Fsp3) is 0.444. The lowest BCUT2D eigenvalue weighted by Gasteiger charge is -2.17. The third-order valence-corrected chi connectivity index (χ3v) is 7.21. The summed E-state index contributed by atoms with van der Waals surface area (Å²) in [5.74, 6) is 0.760. The third kappa shape index (κ3) is 7.90. The number of nitrogens with zero attached hydrogens (tertiary/aromatic N) is 1. The molecular weight excluding hydrogens is 451 g/mol. The van der Waals surface area contributed by atoms with E-state index < -0.39 is 0 Å². The summed E-state index contributed by atoms with van der Waals surface area (Å²) in [6, 6.07) is 13.2. The Kier molecular flexibility index (Phi) is 9.90. The molecule has 1 fully saturated rings. The largest absolute Gasteiger partial charge is 0.350 e. The van der Waals surface area contributed by atoms with Gasteiger partial charge in [-0.3, -0.25) is 9.69 Å². The highest BCUT2D eigenvalue weighted by molar-refractivity contribution is 7.98. The number of carbonyl (C=O) groups is 1. The molecule has 0 aliphatic carbocycles. The summed E-state index contributed by atoms with van der Waals surface area (Å²) in [6.45, 7) is 3.04. The van der Waals surface area contributed by atoms with Crippen molar-refractivity contribution in [2.45, 2.75) is 49.9 Å². The van der Waals surface area contributed by atoms with E-state index in [0.717, 1.165) is 60.2 Å². The first kappa shape index (κ1) is 25.9. The van der Waals surface area contributed by atoms with Gasteiger partial charge in [-0.15, -0.1) is 0 Å². The van der Waals surface area contributed by atoms with Gasteiger partial charge in [-0.05, 0) is 86.6 Å². The van der Waals surface area contributed by atoms with Crippen LogP contribution in [-0.4, -0.2) is 53.7 Å². The maximum atomic E-state index is 13.2. The van der Waals surface area contributed by atoms with E-state index in [0.29, 0.717) is 11.3 Å². The van der Waals surface area contributed by atoms with Gasteiger partial charge in [-0.25, -0.2) is 4.39 Å². The van der Waals surface area contributed by atoms with Gasteiger partial charge < -0.3 is 5.32 Å². The number of amides is 1. The Labute approximate surface area is 207 Å². The second-order valence-electron chi connectivity index (χ2n) is 8.95. The standard InChI is InChI=1S/C27H35FN2OS2/c1-19(14-15-33-3)29-27(31)26-16-21(8-13-24-17-25(32)18-30(24)2)5-10-22(26)9-4-20-6-11-23(28)12-7-20/h5-8,10-13,16,19,24-25,32H,4,9,14-15,17-18H2,1-3H3,(H,29,31)/b13-8+. The first-order valence-corrected chi connectivity index (χ1v) is 13.5. The zero-order valence-corrected chi connectivity index (χ0v) is 21.5. The van der Waals surface area contributed by atoms with Crippen molar-refractivity contribution in [2.24, 2.45) is 0 Å². The van der Waals surface area contributed by atoms with Crippen molar-refractivity contribution in [3.8, 4) is 0 Å². The zero-order valence-electron chi connectivity index (χ0n) is 19.8. The van der Waals surface area contributed by atoms with Crippen molar-refractivity contribution in [3.63, 3.8) is 0 Å². The van der Waals surface area contributed by atoms with Crippen LogP contribution in [0.3, 0.4) is 0 Å². The van der Waals surface area contributed by atoms with Gasteiger partial charge in [0.1, 0.15) is 5.82 Å². The molecule has 1 amide bonds. The monoisotopic (exact) mass is 486 g/mol. The summed E-state index contributed by atoms with van der Waals surface area (Å²) >= 11 is 6.40. The lowest BCUT2D eigenvalue weighted by atomic mass is 9.96. The van der Waals surface area contributed by atoms with E-state index in [1.54, 1.807) is 11.8 Å². The number of hydrogen-bond acceptors (Lipinski definition) is 4. The fourth-order valence-corrected chi connectivity index (χ4v) is 5.24. The van der Waals surface area contributed by atoms with Gasteiger partial charge in [-0.2, -0.15) is 24.4 Å². The lowest BCUT2D eigenvalue weighted by molar-refractivity contribution is 0.0938. The molecular formula is C27H35FN2OS2. The average Bonchev–Trinajstić information content (AvgIpc) is 3.12. The van der Waals surface area contributed by atoms with E-state index in [1.165, 1.54) is 12.1 Å². The normalized spacial score (nSPS) is 19.8. The first-order valence-electron chi connectivity index (χ1n) is 11.6. The molecule has 3 nitrogen and oxygen atoms in total. The smallest absolute Gasteiger partial charge is 0.251 e. The molecule has 1 N–H and O–H groups in total. The van der Waals surface area contributed by atoms with Crippen LogP contribution in [0.1, 0.15) is 46.8 Å². The molecule has 1 aliphatic rings. The predicted octanol–water partition coefficient (Wildman–Crippen LogP) is 5.50. The van der Waals surface area contributed by atoms with Gasteiger partial charge in [0, 0.05) is 29.4 Å². The van der Waals surface area contributed by atoms with E-state index in [2.05, 4.69) is 67.4 Å². The van der Waals surface area contributed by atoms with Crippen LogP contribution in [0.25, 0.3) is 6.08 Å². The minimum absolute atomic E-state index is 0.0265. The van der Waals surface area contributed by atoms with Crippen molar-refractivity contribution in [1.82, 2.24) is 10.2 Å². The number of thiol groups is 1. The Morgan fingerprint density at radius 3 is 2.70 bits per heavy atom. The van der Waals surface area contributed by atoms with Gasteiger partial charge in [0.25, 0.3) is 5.91 Å². The molecule has 0 aromatic heterocycles. The number of aryl methyl sites for hydroxylation is 2. The van der Waals surface area contributed by atoms with Crippen LogP contribution >= 0.6 is 24.4 Å². The average molecular weight is 487 g/mol. The Bertz CT molecular complexity index is 948. The molecule has 2 aromatic carbocycles. The van der Waals surface area contributed by atoms with Crippen molar-refractivity contribution in [2.75, 3.05) is 25.6 Å². The molecule has 1 aliphatic heterocycles. The van der Waals surface area contributed by atoms with Gasteiger partial charge in [-0.1, -0.05) is 36.4 Å². The van der Waals surface area contributed by atoms with Crippen molar-refractivity contribution >= 4 is 36.4 Å². The van der Waals surface area contributed by atoms with Crippen LogP contribution in [0.15, 0.2) is 48.5 Å². The van der Waals surface area contributed by atoms with Crippen LogP contribution in [-0.2, 0) is 12.8 Å². The highest BCUT2D eigenvalue weighted by Crippen LogP contribution is 2.23. The Balaban J connectivity index is 1.78. The lowest BCUT2D eigenvalue weighted by Crippen LogP contribution is -2.33. The summed E-state index contributed by atoms with van der Waals surface area (Å²) in [7, 11) is 2.12. The van der Waals surface area contributed by atoms with Crippen molar-refractivity contribution in [3.05, 3.63) is 76.6 Å². The summed E-state index contributed by atoms with van der Waals surface area (Å²) in [5.41, 5.74) is 3.82. The molecule has 178 valence electrons. The molecule has 0 bridgehead atoms. The van der Waals surface area contributed by atoms with Crippen LogP contribution in [0.2, 0.25) is 0 Å². The highest BCUT2D eigenvalue weighted by atomic mass is 32.2. The number of halogens is 1. The number of likely N-dealkylation sites (N-methyl/N-ethyl adjacent to an activating group) is 1. The van der Waals surface area contributed by atoms with Gasteiger partial charge in [0.15, 0.2) is 0 Å². The quantitative estimate of drug-likeness (QED) is 0.435. The number of likely N-dealkylation sites (tertiary alicyclic amines) is 1. The van der Waals surface area contributed by atoms with Crippen LogP contribution in [0, 0.1) is 5.82 Å². The van der Waals surface area contributed by atoms with E-state index in [-0.39, 0.29) is 17.8 Å². The minimum atomic E-state index is -0.230. The molecule has 0 radical (unpaired) electrons. The second-order valence-corrected chi connectivity index (χ2v) is 10.7. The van der Waals surface area contributed by atoms with E-state index in [1.807, 2.05) is 18.2 Å². The number of benzene rings is 2. The van der Waals surface area contributed by atoms with Crippen LogP contribution in [0.5, 0.6) is 0 Å². The SMILES string of the molecule is CSCCC(C)NC(=O)c1cc(/C=C/C2CC(S)CN2C)ccc1CCc1ccc(F)cc1. The van der Waals surface area contributed by atoms with Gasteiger partial charge in [0.2, 0.25) is 0 Å². The van der Waals surface area contributed by atoms with Crippen LogP contribution in [0.4, 0.5) is 4.39 Å².